The van der Waals surface area contributed by atoms with Gasteiger partial charge in [0, 0.05) is 32.0 Å². The first-order valence-electron chi connectivity index (χ1n) is 5.19. The molecule has 0 unspecified atom stereocenters. The summed E-state index contributed by atoms with van der Waals surface area (Å²) in [6.07, 6.45) is 3.19. The number of nitrogens with one attached hydrogen (secondary N) is 2. The fourth-order valence-corrected chi connectivity index (χ4v) is 1.12. The molecule has 1 rings (SSSR count). The van der Waals surface area contributed by atoms with Gasteiger partial charge < -0.3 is 21.6 Å². The van der Waals surface area contributed by atoms with Crippen molar-refractivity contribution >= 4 is 11.7 Å². The van der Waals surface area contributed by atoms with Crippen molar-refractivity contribution in [1.29, 1.82) is 0 Å². The number of amides is 1. The van der Waals surface area contributed by atoms with Crippen molar-refractivity contribution in [2.45, 2.75) is 31.7 Å². The van der Waals surface area contributed by atoms with Gasteiger partial charge in [0.05, 0.1) is 0 Å². The van der Waals surface area contributed by atoms with Gasteiger partial charge in [-0.3, -0.25) is 4.79 Å². The zero-order chi connectivity index (χ0) is 11.1. The minimum atomic E-state index is 0.0915. The molecule has 1 aliphatic rings. The summed E-state index contributed by atoms with van der Waals surface area (Å²) in [6, 6.07) is 0.426. The van der Waals surface area contributed by atoms with Crippen molar-refractivity contribution in [1.82, 2.24) is 10.6 Å². The molecule has 1 saturated carbocycles. The second-order valence-corrected chi connectivity index (χ2v) is 3.68. The molecule has 0 heterocycles. The highest BCUT2D eigenvalue weighted by Gasteiger charge is 2.22. The van der Waals surface area contributed by atoms with E-state index in [1.165, 1.54) is 0 Å². The maximum Gasteiger partial charge on any atom is 0.221 e. The van der Waals surface area contributed by atoms with E-state index in [1.807, 2.05) is 0 Å². The minimum Gasteiger partial charge on any atom is -0.409 e. The molecule has 0 bridgehead atoms. The Morgan fingerprint density at radius 1 is 1.40 bits per heavy atom. The van der Waals surface area contributed by atoms with Crippen LogP contribution in [0, 0.1) is 0 Å². The third-order valence-corrected chi connectivity index (χ3v) is 2.16. The summed E-state index contributed by atoms with van der Waals surface area (Å²) in [6.45, 7) is 1.24. The second kappa shape index (κ2) is 6.23. The zero-order valence-corrected chi connectivity index (χ0v) is 8.70. The van der Waals surface area contributed by atoms with E-state index < -0.39 is 0 Å². The van der Waals surface area contributed by atoms with Crippen LogP contribution in [0.25, 0.3) is 0 Å². The van der Waals surface area contributed by atoms with Crippen LogP contribution in [0.1, 0.15) is 25.7 Å². The number of rotatable bonds is 7. The summed E-state index contributed by atoms with van der Waals surface area (Å²) >= 11 is 0. The normalized spacial score (nSPS) is 16.4. The molecule has 15 heavy (non-hydrogen) atoms. The third-order valence-electron chi connectivity index (χ3n) is 2.16. The summed E-state index contributed by atoms with van der Waals surface area (Å²) < 4.78 is 0. The van der Waals surface area contributed by atoms with Gasteiger partial charge in [-0.2, -0.15) is 0 Å². The molecule has 0 aromatic rings. The van der Waals surface area contributed by atoms with Gasteiger partial charge in [-0.05, 0) is 12.8 Å². The Kier molecular flexibility index (Phi) is 4.89. The lowest BCUT2D eigenvalue weighted by molar-refractivity contribution is -0.121. The van der Waals surface area contributed by atoms with Gasteiger partial charge >= 0.3 is 0 Å². The monoisotopic (exact) mass is 214 g/mol. The Balaban J connectivity index is 1.89. The largest absolute Gasteiger partial charge is 0.409 e. The number of carbonyl (C=O) groups excluding carboxylic acids is 1. The number of nitrogens with two attached hydrogens (primary N) is 1. The lowest BCUT2D eigenvalue weighted by Crippen LogP contribution is -2.30. The molecule has 0 atom stereocenters. The molecular formula is C9H18N4O2. The molecule has 0 spiro atoms. The number of carbonyl (C=O) groups is 1. The van der Waals surface area contributed by atoms with Crippen LogP contribution in [0.4, 0.5) is 0 Å². The first kappa shape index (κ1) is 11.8. The maximum atomic E-state index is 11.2. The first-order valence-corrected chi connectivity index (χ1v) is 5.19. The van der Waals surface area contributed by atoms with Crippen LogP contribution in [-0.2, 0) is 4.79 Å². The molecule has 1 amide bonds. The topological polar surface area (TPSA) is 99.7 Å². The molecule has 0 saturated heterocycles. The van der Waals surface area contributed by atoms with Crippen molar-refractivity contribution in [3.63, 3.8) is 0 Å². The van der Waals surface area contributed by atoms with Crippen molar-refractivity contribution in [2.24, 2.45) is 10.9 Å². The smallest absolute Gasteiger partial charge is 0.221 e. The third kappa shape index (κ3) is 5.90. The van der Waals surface area contributed by atoms with Crippen LogP contribution in [0.15, 0.2) is 5.16 Å². The Bertz CT molecular complexity index is 238. The highest BCUT2D eigenvalue weighted by molar-refractivity contribution is 5.79. The summed E-state index contributed by atoms with van der Waals surface area (Å²) in [4.78, 5) is 11.2. The van der Waals surface area contributed by atoms with E-state index in [4.69, 9.17) is 10.9 Å². The highest BCUT2D eigenvalue weighted by Crippen LogP contribution is 2.18. The lowest BCUT2D eigenvalue weighted by atomic mass is 10.3. The van der Waals surface area contributed by atoms with Gasteiger partial charge in [0.25, 0.3) is 0 Å². The summed E-state index contributed by atoms with van der Waals surface area (Å²) in [5.74, 6) is 0.290. The van der Waals surface area contributed by atoms with Crippen LogP contribution >= 0.6 is 0 Å². The Hall–Kier alpha value is -1.30. The van der Waals surface area contributed by atoms with Crippen LogP contribution < -0.4 is 16.4 Å². The quantitative estimate of drug-likeness (QED) is 0.149. The molecule has 86 valence electrons. The van der Waals surface area contributed by atoms with Crippen molar-refractivity contribution in [2.75, 3.05) is 13.1 Å². The van der Waals surface area contributed by atoms with Crippen LogP contribution in [0.5, 0.6) is 0 Å². The standard InChI is InChI=1S/C9H18N4O2/c10-8(13-15)3-5-11-6-4-9(14)12-7-1-2-7/h7,11,15H,1-6H2,(H2,10,13)(H,12,14). The number of amidine groups is 1. The van der Waals surface area contributed by atoms with Gasteiger partial charge in [0.1, 0.15) is 5.84 Å². The van der Waals surface area contributed by atoms with Gasteiger partial charge in [-0.25, -0.2) is 0 Å². The molecular weight excluding hydrogens is 196 g/mol. The van der Waals surface area contributed by atoms with E-state index >= 15 is 0 Å². The number of hydrogen-bond donors (Lipinski definition) is 4. The van der Waals surface area contributed by atoms with E-state index in [9.17, 15) is 4.79 Å². The molecule has 0 radical (unpaired) electrons. The Morgan fingerprint density at radius 3 is 2.67 bits per heavy atom. The van der Waals surface area contributed by atoms with Crippen LogP contribution in [0.2, 0.25) is 0 Å². The predicted octanol–water partition coefficient (Wildman–Crippen LogP) is -0.619. The predicted molar refractivity (Wildman–Crippen MR) is 56.7 cm³/mol. The van der Waals surface area contributed by atoms with E-state index in [2.05, 4.69) is 15.8 Å². The zero-order valence-electron chi connectivity index (χ0n) is 8.70. The fourth-order valence-electron chi connectivity index (χ4n) is 1.12. The van der Waals surface area contributed by atoms with Crippen molar-refractivity contribution in [3.8, 4) is 0 Å². The Morgan fingerprint density at radius 2 is 2.07 bits per heavy atom. The molecule has 0 aromatic heterocycles. The van der Waals surface area contributed by atoms with Gasteiger partial charge in [-0.15, -0.1) is 0 Å². The number of nitrogens with zero attached hydrogens (tertiary/aromatic N) is 1. The highest BCUT2D eigenvalue weighted by atomic mass is 16.4. The molecule has 0 aromatic carbocycles. The summed E-state index contributed by atoms with van der Waals surface area (Å²) in [5.41, 5.74) is 5.27. The van der Waals surface area contributed by atoms with E-state index in [0.717, 1.165) is 12.8 Å². The average Bonchev–Trinajstić information content (AvgIpc) is 3.00. The molecule has 6 heteroatoms. The SMILES string of the molecule is NC(CCNCCC(=O)NC1CC1)=NO. The maximum absolute atomic E-state index is 11.2. The van der Waals surface area contributed by atoms with E-state index in [0.29, 0.717) is 32.0 Å². The van der Waals surface area contributed by atoms with Crippen molar-refractivity contribution in [3.05, 3.63) is 0 Å². The number of hydrogen-bond acceptors (Lipinski definition) is 4. The molecule has 0 aliphatic heterocycles. The van der Waals surface area contributed by atoms with Crippen molar-refractivity contribution < 1.29 is 10.0 Å². The lowest BCUT2D eigenvalue weighted by Gasteiger charge is -2.04. The Labute approximate surface area is 88.9 Å². The number of oxime groups is 1. The van der Waals surface area contributed by atoms with Gasteiger partial charge in [-0.1, -0.05) is 5.16 Å². The second-order valence-electron chi connectivity index (χ2n) is 3.68. The minimum absolute atomic E-state index is 0.0915. The van der Waals surface area contributed by atoms with E-state index in [-0.39, 0.29) is 11.7 Å². The first-order chi connectivity index (χ1) is 7.22. The van der Waals surface area contributed by atoms with Crippen LogP contribution in [0.3, 0.4) is 0 Å². The average molecular weight is 214 g/mol. The summed E-state index contributed by atoms with van der Waals surface area (Å²) in [7, 11) is 0. The fraction of sp³-hybridized carbons (Fsp3) is 0.778. The van der Waals surface area contributed by atoms with E-state index in [1.54, 1.807) is 0 Å². The summed E-state index contributed by atoms with van der Waals surface area (Å²) in [5, 5.41) is 17.0. The van der Waals surface area contributed by atoms with Crippen LogP contribution in [-0.4, -0.2) is 36.1 Å². The van der Waals surface area contributed by atoms with Gasteiger partial charge in [0.2, 0.25) is 5.91 Å². The molecule has 1 fully saturated rings. The van der Waals surface area contributed by atoms with Gasteiger partial charge in [0.15, 0.2) is 0 Å². The molecule has 1 aliphatic carbocycles. The molecule has 5 N–H and O–H groups in total. The molecule has 6 nitrogen and oxygen atoms in total.